The second-order valence-corrected chi connectivity index (χ2v) is 9.85. The number of nitrogens with zero attached hydrogens (tertiary/aromatic N) is 2. The molecule has 0 saturated heterocycles. The number of nitrogens with one attached hydrogen (secondary N) is 4. The fraction of sp³-hybridized carbons (Fsp3) is 0. The summed E-state index contributed by atoms with van der Waals surface area (Å²) < 4.78 is 0. The molecule has 34 heavy (non-hydrogen) atoms. The van der Waals surface area contributed by atoms with Crippen LogP contribution in [0.15, 0.2) is 71.9 Å². The minimum Gasteiger partial charge on any atom is -0.355 e. The Morgan fingerprint density at radius 1 is 0.529 bits per heavy atom. The van der Waals surface area contributed by atoms with Crippen molar-refractivity contribution in [3.63, 3.8) is 0 Å². The van der Waals surface area contributed by atoms with Gasteiger partial charge < -0.3 is 19.9 Å². The highest BCUT2D eigenvalue weighted by Crippen LogP contribution is 2.24. The molecule has 8 heteroatoms. The third-order valence-electron chi connectivity index (χ3n) is 5.89. The summed E-state index contributed by atoms with van der Waals surface area (Å²) in [6.45, 7) is 0. The molecule has 0 spiro atoms. The lowest BCUT2D eigenvalue weighted by Crippen LogP contribution is -2.15. The zero-order chi connectivity index (χ0) is 22.5. The summed E-state index contributed by atoms with van der Waals surface area (Å²) in [7, 11) is 0. The van der Waals surface area contributed by atoms with Crippen LogP contribution in [-0.2, 0) is 0 Å². The minimum absolute atomic E-state index is 1.03. The Labute approximate surface area is 201 Å². The average Bonchev–Trinajstić information content (AvgIpc) is 3.67. The molecule has 6 aromatic rings. The maximum atomic E-state index is 4.31. The van der Waals surface area contributed by atoms with Crippen molar-refractivity contribution < 1.29 is 0 Å². The third-order valence-corrected chi connectivity index (χ3v) is 7.47. The first-order valence-corrected chi connectivity index (χ1v) is 12.5. The molecule has 6 aromatic heterocycles. The molecule has 0 aromatic carbocycles. The molecule has 7 rings (SSSR count). The zero-order valence-electron chi connectivity index (χ0n) is 17.8. The Morgan fingerprint density at radius 3 is 1.47 bits per heavy atom. The molecular formula is C26H18N6S2. The maximum Gasteiger partial charge on any atom is 0.0798 e. The van der Waals surface area contributed by atoms with Gasteiger partial charge in [-0.2, -0.15) is 0 Å². The van der Waals surface area contributed by atoms with Gasteiger partial charge in [0.25, 0.3) is 0 Å². The molecule has 7 heterocycles. The van der Waals surface area contributed by atoms with Crippen molar-refractivity contribution in [3.8, 4) is 0 Å². The van der Waals surface area contributed by atoms with Gasteiger partial charge in [0.05, 0.1) is 20.8 Å². The molecule has 0 aliphatic carbocycles. The first kappa shape index (κ1) is 19.3. The summed E-state index contributed by atoms with van der Waals surface area (Å²) >= 11 is 3.26. The molecule has 4 N–H and O–H groups in total. The monoisotopic (exact) mass is 478 g/mol. The Morgan fingerprint density at radius 2 is 1.03 bits per heavy atom. The molecule has 164 valence electrons. The zero-order valence-corrected chi connectivity index (χ0v) is 19.4. The number of rotatable bonds is 2. The van der Waals surface area contributed by atoms with Crippen LogP contribution in [0.2, 0.25) is 0 Å². The molecule has 8 bridgehead atoms. The van der Waals surface area contributed by atoms with E-state index < -0.39 is 0 Å². The Bertz CT molecular complexity index is 1720. The second-order valence-electron chi connectivity index (χ2n) is 8.08. The molecule has 0 unspecified atom stereocenters. The predicted molar refractivity (Wildman–Crippen MR) is 136 cm³/mol. The van der Waals surface area contributed by atoms with E-state index in [0.717, 1.165) is 65.1 Å². The number of hydrogen-bond donors (Lipinski definition) is 4. The summed E-state index contributed by atoms with van der Waals surface area (Å²) in [6, 6.07) is 16.9. The van der Waals surface area contributed by atoms with Gasteiger partial charge in [-0.1, -0.05) is 0 Å². The van der Waals surface area contributed by atoms with Gasteiger partial charge in [0, 0.05) is 67.7 Å². The van der Waals surface area contributed by atoms with Crippen LogP contribution in [0, 0.1) is 0 Å². The summed E-state index contributed by atoms with van der Waals surface area (Å²) in [5.74, 6) is 0. The molecule has 0 amide bonds. The quantitative estimate of drug-likeness (QED) is 0.307. The van der Waals surface area contributed by atoms with E-state index >= 15 is 0 Å². The van der Waals surface area contributed by atoms with Gasteiger partial charge in [-0.15, -0.1) is 22.7 Å². The van der Waals surface area contributed by atoms with E-state index in [-0.39, 0.29) is 0 Å². The van der Waals surface area contributed by atoms with E-state index in [1.807, 2.05) is 23.4 Å². The number of thiazole rings is 2. The summed E-state index contributed by atoms with van der Waals surface area (Å²) in [4.78, 5) is 25.2. The summed E-state index contributed by atoms with van der Waals surface area (Å²) in [6.07, 6.45) is 8.08. The van der Waals surface area contributed by atoms with Crippen LogP contribution in [0.25, 0.3) is 23.3 Å². The van der Waals surface area contributed by atoms with Crippen molar-refractivity contribution in [2.75, 3.05) is 0 Å². The van der Waals surface area contributed by atoms with Crippen molar-refractivity contribution >= 4 is 46.0 Å². The topological polar surface area (TPSA) is 88.9 Å². The van der Waals surface area contributed by atoms with Crippen LogP contribution >= 0.6 is 22.7 Å². The van der Waals surface area contributed by atoms with Gasteiger partial charge in [-0.25, -0.2) is 0 Å². The molecular weight excluding hydrogens is 460 g/mol. The highest BCUT2D eigenvalue weighted by molar-refractivity contribution is 7.11. The number of aromatic amines is 4. The molecule has 1 aliphatic rings. The highest BCUT2D eigenvalue weighted by atomic mass is 32.1. The van der Waals surface area contributed by atoms with Crippen LogP contribution in [-0.4, -0.2) is 29.9 Å². The first-order valence-electron chi connectivity index (χ1n) is 10.8. The fourth-order valence-corrected chi connectivity index (χ4v) is 5.79. The number of hydrogen-bond acceptors (Lipinski definition) is 4. The molecule has 0 fully saturated rings. The fourth-order valence-electron chi connectivity index (χ4n) is 4.40. The van der Waals surface area contributed by atoms with Gasteiger partial charge in [0.2, 0.25) is 0 Å². The Kier molecular flexibility index (Phi) is 4.39. The van der Waals surface area contributed by atoms with E-state index in [4.69, 9.17) is 0 Å². The minimum atomic E-state index is 1.03. The van der Waals surface area contributed by atoms with Crippen molar-refractivity contribution in [2.45, 2.75) is 0 Å². The van der Waals surface area contributed by atoms with Crippen molar-refractivity contribution in [1.82, 2.24) is 29.9 Å². The van der Waals surface area contributed by atoms with Crippen LogP contribution in [0.5, 0.6) is 0 Å². The van der Waals surface area contributed by atoms with Gasteiger partial charge in [0.15, 0.2) is 0 Å². The number of fused-ring (bicyclic) bond motifs is 8. The van der Waals surface area contributed by atoms with Crippen molar-refractivity contribution in [2.24, 2.45) is 0 Å². The predicted octanol–water partition coefficient (Wildman–Crippen LogP) is 2.38. The highest BCUT2D eigenvalue weighted by Gasteiger charge is 2.13. The molecule has 0 radical (unpaired) electrons. The first-order chi connectivity index (χ1) is 16.8. The van der Waals surface area contributed by atoms with E-state index in [1.165, 1.54) is 0 Å². The Balaban J connectivity index is 1.55. The van der Waals surface area contributed by atoms with Gasteiger partial charge in [-0.3, -0.25) is 9.97 Å². The van der Waals surface area contributed by atoms with Crippen molar-refractivity contribution in [3.05, 3.63) is 126 Å². The molecule has 0 atom stereocenters. The van der Waals surface area contributed by atoms with E-state index in [1.54, 1.807) is 22.7 Å². The van der Waals surface area contributed by atoms with E-state index in [0.29, 0.717) is 0 Å². The summed E-state index contributed by atoms with van der Waals surface area (Å²) in [5, 5.41) is 4.14. The molecule has 6 nitrogen and oxygen atoms in total. The van der Waals surface area contributed by atoms with Crippen LogP contribution in [0.4, 0.5) is 0 Å². The van der Waals surface area contributed by atoms with Crippen LogP contribution < -0.4 is 21.4 Å². The largest absolute Gasteiger partial charge is 0.355 e. The molecule has 1 aliphatic heterocycles. The van der Waals surface area contributed by atoms with Gasteiger partial charge in [-0.05, 0) is 60.7 Å². The number of aromatic nitrogens is 6. The second kappa shape index (κ2) is 7.72. The van der Waals surface area contributed by atoms with Crippen LogP contribution in [0.1, 0.15) is 32.5 Å². The number of H-pyrrole nitrogens is 4. The van der Waals surface area contributed by atoms with Gasteiger partial charge in [0.1, 0.15) is 0 Å². The maximum absolute atomic E-state index is 4.31. The van der Waals surface area contributed by atoms with E-state index in [2.05, 4.69) is 90.6 Å². The standard InChI is InChI=1S/C26H18N6S2/c1-5-19-25(23-11-27-13-33-23)20-7-3-17(31-20)10-18-4-8-22(32-18)26(24-12-28-14-34-24)21-6-2-16(30-21)9-15(1)29-19/h1-14,29-32H. The van der Waals surface area contributed by atoms with Crippen molar-refractivity contribution in [1.29, 1.82) is 0 Å². The smallest absolute Gasteiger partial charge is 0.0798 e. The lowest BCUT2D eigenvalue weighted by Gasteiger charge is -2.02. The van der Waals surface area contributed by atoms with Gasteiger partial charge >= 0.3 is 0 Å². The third kappa shape index (κ3) is 3.32. The average molecular weight is 479 g/mol. The lowest BCUT2D eigenvalue weighted by molar-refractivity contribution is 1.21. The van der Waals surface area contributed by atoms with Crippen LogP contribution in [0.3, 0.4) is 0 Å². The van der Waals surface area contributed by atoms with E-state index in [9.17, 15) is 0 Å². The summed E-state index contributed by atoms with van der Waals surface area (Å²) in [5.41, 5.74) is 10.1. The lowest BCUT2D eigenvalue weighted by atomic mass is 10.1. The SMILES string of the molecule is C1=c2ccc([nH]2)=C(c2cncs2)c2ccc([nH]2)C=c2ccc([nH]2)=C(c2cncs2)c2ccc1[nH]2. The molecule has 0 saturated carbocycles. The Hall–Kier alpha value is -4.14. The normalized spacial score (nSPS) is 13.1.